The SMILES string of the molecule is COc1ccc(CNc2cc(Nc3ccccc3OC(C)C)ncn2)cc1. The van der Waals surface area contributed by atoms with E-state index in [0.29, 0.717) is 12.4 Å². The highest BCUT2D eigenvalue weighted by Crippen LogP contribution is 2.28. The quantitative estimate of drug-likeness (QED) is 0.607. The molecule has 0 saturated heterocycles. The summed E-state index contributed by atoms with van der Waals surface area (Å²) in [5.41, 5.74) is 2.01. The van der Waals surface area contributed by atoms with Crippen molar-refractivity contribution in [1.29, 1.82) is 0 Å². The third kappa shape index (κ3) is 5.34. The van der Waals surface area contributed by atoms with E-state index in [-0.39, 0.29) is 6.10 Å². The highest BCUT2D eigenvalue weighted by Gasteiger charge is 2.07. The molecule has 27 heavy (non-hydrogen) atoms. The highest BCUT2D eigenvalue weighted by molar-refractivity contribution is 5.65. The second kappa shape index (κ2) is 8.89. The van der Waals surface area contributed by atoms with Crippen LogP contribution < -0.4 is 20.1 Å². The summed E-state index contributed by atoms with van der Waals surface area (Å²) in [5, 5.41) is 6.61. The molecule has 1 aromatic heterocycles. The predicted octanol–water partition coefficient (Wildman–Crippen LogP) is 4.63. The Morgan fingerprint density at radius 2 is 1.70 bits per heavy atom. The van der Waals surface area contributed by atoms with Crippen LogP contribution in [-0.2, 0) is 6.54 Å². The maximum absolute atomic E-state index is 5.84. The lowest BCUT2D eigenvalue weighted by Crippen LogP contribution is -2.08. The summed E-state index contributed by atoms with van der Waals surface area (Å²) in [5.74, 6) is 3.07. The Kier molecular flexibility index (Phi) is 6.10. The summed E-state index contributed by atoms with van der Waals surface area (Å²) in [6.45, 7) is 4.67. The van der Waals surface area contributed by atoms with E-state index in [1.165, 1.54) is 6.33 Å². The van der Waals surface area contributed by atoms with Crippen LogP contribution in [0.5, 0.6) is 11.5 Å². The van der Waals surface area contributed by atoms with Gasteiger partial charge in [-0.2, -0.15) is 0 Å². The molecule has 0 aliphatic carbocycles. The molecule has 0 saturated carbocycles. The van der Waals surface area contributed by atoms with Crippen LogP contribution in [0.3, 0.4) is 0 Å². The molecular formula is C21H24N4O2. The van der Waals surface area contributed by atoms with Crippen LogP contribution in [0.2, 0.25) is 0 Å². The van der Waals surface area contributed by atoms with E-state index < -0.39 is 0 Å². The zero-order chi connectivity index (χ0) is 19.1. The van der Waals surface area contributed by atoms with E-state index >= 15 is 0 Å². The number of hydrogen-bond donors (Lipinski definition) is 2. The smallest absolute Gasteiger partial charge is 0.143 e. The summed E-state index contributed by atoms with van der Waals surface area (Å²) in [4.78, 5) is 8.58. The molecule has 2 aromatic carbocycles. The maximum Gasteiger partial charge on any atom is 0.143 e. The lowest BCUT2D eigenvalue weighted by molar-refractivity contribution is 0.244. The van der Waals surface area contributed by atoms with Gasteiger partial charge in [-0.15, -0.1) is 0 Å². The zero-order valence-electron chi connectivity index (χ0n) is 15.8. The Hall–Kier alpha value is -3.28. The largest absolute Gasteiger partial charge is 0.497 e. The monoisotopic (exact) mass is 364 g/mol. The molecule has 0 aliphatic heterocycles. The normalized spacial score (nSPS) is 10.5. The second-order valence-electron chi connectivity index (χ2n) is 6.28. The summed E-state index contributed by atoms with van der Waals surface area (Å²) in [6, 6.07) is 17.6. The Labute approximate surface area is 159 Å². The number of anilines is 3. The maximum atomic E-state index is 5.84. The second-order valence-corrected chi connectivity index (χ2v) is 6.28. The number of nitrogens with zero attached hydrogens (tertiary/aromatic N) is 2. The van der Waals surface area contributed by atoms with Gasteiger partial charge in [-0.25, -0.2) is 9.97 Å². The molecule has 6 heteroatoms. The number of para-hydroxylation sites is 2. The van der Waals surface area contributed by atoms with Crippen molar-refractivity contribution in [2.75, 3.05) is 17.7 Å². The standard InChI is InChI=1S/C21H24N4O2/c1-15(2)27-19-7-5-4-6-18(19)25-21-12-20(23-14-24-21)22-13-16-8-10-17(26-3)11-9-16/h4-12,14-15H,13H2,1-3H3,(H2,22,23,24,25). The van der Waals surface area contributed by atoms with E-state index in [0.717, 1.165) is 28.6 Å². The van der Waals surface area contributed by atoms with Crippen molar-refractivity contribution in [3.63, 3.8) is 0 Å². The van der Waals surface area contributed by atoms with Gasteiger partial charge in [-0.05, 0) is 43.7 Å². The van der Waals surface area contributed by atoms with E-state index in [4.69, 9.17) is 9.47 Å². The van der Waals surface area contributed by atoms with Gasteiger partial charge in [0.2, 0.25) is 0 Å². The number of rotatable bonds is 8. The first-order valence-corrected chi connectivity index (χ1v) is 8.85. The van der Waals surface area contributed by atoms with Crippen molar-refractivity contribution in [1.82, 2.24) is 9.97 Å². The van der Waals surface area contributed by atoms with Crippen molar-refractivity contribution in [3.05, 3.63) is 66.5 Å². The molecule has 0 aliphatic rings. The fourth-order valence-corrected chi connectivity index (χ4v) is 2.52. The van der Waals surface area contributed by atoms with E-state index in [1.807, 2.05) is 68.4 Å². The molecule has 0 spiro atoms. The van der Waals surface area contributed by atoms with E-state index in [1.54, 1.807) is 7.11 Å². The van der Waals surface area contributed by atoms with Gasteiger partial charge < -0.3 is 20.1 Å². The number of hydrogen-bond acceptors (Lipinski definition) is 6. The predicted molar refractivity (Wildman–Crippen MR) is 108 cm³/mol. The Morgan fingerprint density at radius 3 is 2.44 bits per heavy atom. The van der Waals surface area contributed by atoms with Crippen molar-refractivity contribution < 1.29 is 9.47 Å². The third-order valence-corrected chi connectivity index (χ3v) is 3.81. The van der Waals surface area contributed by atoms with Crippen molar-refractivity contribution in [2.45, 2.75) is 26.5 Å². The van der Waals surface area contributed by atoms with Gasteiger partial charge in [0.25, 0.3) is 0 Å². The summed E-state index contributed by atoms with van der Waals surface area (Å²) < 4.78 is 11.0. The topological polar surface area (TPSA) is 68.3 Å². The Bertz CT molecular complexity index is 866. The fraction of sp³-hybridized carbons (Fsp3) is 0.238. The number of ether oxygens (including phenoxy) is 2. The van der Waals surface area contributed by atoms with Gasteiger partial charge >= 0.3 is 0 Å². The van der Waals surface area contributed by atoms with Crippen LogP contribution in [0.15, 0.2) is 60.9 Å². The molecule has 0 radical (unpaired) electrons. The number of aromatic nitrogens is 2. The molecule has 6 nitrogen and oxygen atoms in total. The molecule has 0 unspecified atom stereocenters. The molecule has 140 valence electrons. The average molecular weight is 364 g/mol. The minimum absolute atomic E-state index is 0.0973. The molecular weight excluding hydrogens is 340 g/mol. The van der Waals surface area contributed by atoms with Crippen molar-refractivity contribution in [3.8, 4) is 11.5 Å². The van der Waals surface area contributed by atoms with Gasteiger partial charge in [-0.1, -0.05) is 24.3 Å². The molecule has 0 bridgehead atoms. The summed E-state index contributed by atoms with van der Waals surface area (Å²) >= 11 is 0. The lowest BCUT2D eigenvalue weighted by atomic mass is 10.2. The van der Waals surface area contributed by atoms with Gasteiger partial charge in [0.15, 0.2) is 0 Å². The minimum Gasteiger partial charge on any atom is -0.497 e. The lowest BCUT2D eigenvalue weighted by Gasteiger charge is -2.15. The Balaban J connectivity index is 1.67. The molecule has 2 N–H and O–H groups in total. The number of benzene rings is 2. The third-order valence-electron chi connectivity index (χ3n) is 3.81. The van der Waals surface area contributed by atoms with Crippen molar-refractivity contribution in [2.24, 2.45) is 0 Å². The van der Waals surface area contributed by atoms with Crippen LogP contribution in [-0.4, -0.2) is 23.2 Å². The van der Waals surface area contributed by atoms with Gasteiger partial charge in [0.1, 0.15) is 29.5 Å². The molecule has 1 heterocycles. The molecule has 3 rings (SSSR count). The average Bonchev–Trinajstić information content (AvgIpc) is 2.68. The van der Waals surface area contributed by atoms with Crippen LogP contribution in [0.4, 0.5) is 17.3 Å². The highest BCUT2D eigenvalue weighted by atomic mass is 16.5. The first kappa shape index (κ1) is 18.5. The van der Waals surface area contributed by atoms with Crippen LogP contribution >= 0.6 is 0 Å². The van der Waals surface area contributed by atoms with Gasteiger partial charge in [0, 0.05) is 12.6 Å². The zero-order valence-corrected chi connectivity index (χ0v) is 15.8. The number of methoxy groups -OCH3 is 1. The van der Waals surface area contributed by atoms with Crippen LogP contribution in [0.1, 0.15) is 19.4 Å². The number of nitrogens with one attached hydrogen (secondary N) is 2. The van der Waals surface area contributed by atoms with Gasteiger partial charge in [0.05, 0.1) is 18.9 Å². The first-order valence-electron chi connectivity index (χ1n) is 8.85. The van der Waals surface area contributed by atoms with Crippen molar-refractivity contribution >= 4 is 17.3 Å². The first-order chi connectivity index (χ1) is 13.1. The summed E-state index contributed by atoms with van der Waals surface area (Å²) in [7, 11) is 1.66. The van der Waals surface area contributed by atoms with E-state index in [9.17, 15) is 0 Å². The molecule has 0 amide bonds. The molecule has 3 aromatic rings. The van der Waals surface area contributed by atoms with Gasteiger partial charge in [-0.3, -0.25) is 0 Å². The molecule has 0 atom stereocenters. The van der Waals surface area contributed by atoms with Crippen LogP contribution in [0, 0.1) is 0 Å². The fourth-order valence-electron chi connectivity index (χ4n) is 2.52. The molecule has 0 fully saturated rings. The minimum atomic E-state index is 0.0973. The summed E-state index contributed by atoms with van der Waals surface area (Å²) in [6.07, 6.45) is 1.63. The van der Waals surface area contributed by atoms with Crippen LogP contribution in [0.25, 0.3) is 0 Å². The van der Waals surface area contributed by atoms with E-state index in [2.05, 4.69) is 20.6 Å². The Morgan fingerprint density at radius 1 is 0.963 bits per heavy atom.